The van der Waals surface area contributed by atoms with Gasteiger partial charge in [-0.15, -0.1) is 0 Å². The first-order valence-electron chi connectivity index (χ1n) is 4.26. The molecule has 0 saturated carbocycles. The van der Waals surface area contributed by atoms with Crippen LogP contribution >= 0.6 is 11.6 Å². The Morgan fingerprint density at radius 1 is 1.40 bits per heavy atom. The van der Waals surface area contributed by atoms with E-state index in [9.17, 15) is 4.39 Å². The van der Waals surface area contributed by atoms with Crippen molar-refractivity contribution in [1.82, 2.24) is 5.16 Å². The molecule has 0 unspecified atom stereocenters. The van der Waals surface area contributed by atoms with Gasteiger partial charge < -0.3 is 10.3 Å². The highest BCUT2D eigenvalue weighted by Crippen LogP contribution is 2.28. The third-order valence-electron chi connectivity index (χ3n) is 2.02. The second-order valence-electron chi connectivity index (χ2n) is 3.20. The molecule has 1 aromatic heterocycles. The van der Waals surface area contributed by atoms with Gasteiger partial charge in [-0.3, -0.25) is 0 Å². The Morgan fingerprint density at radius 3 is 2.67 bits per heavy atom. The molecule has 0 aliphatic heterocycles. The van der Waals surface area contributed by atoms with Crippen LogP contribution in [0.5, 0.6) is 0 Å². The molecule has 2 rings (SSSR count). The van der Waals surface area contributed by atoms with Gasteiger partial charge in [0.1, 0.15) is 5.82 Å². The molecule has 0 fully saturated rings. The first-order valence-corrected chi connectivity index (χ1v) is 4.64. The molecular formula is C10H8ClFN2O. The lowest BCUT2D eigenvalue weighted by Gasteiger charge is -2.01. The molecule has 78 valence electrons. The van der Waals surface area contributed by atoms with Crippen molar-refractivity contribution in [2.45, 2.75) is 6.92 Å². The zero-order valence-electron chi connectivity index (χ0n) is 7.92. The topological polar surface area (TPSA) is 52.0 Å². The van der Waals surface area contributed by atoms with Crippen molar-refractivity contribution in [1.29, 1.82) is 0 Å². The number of nitrogens with two attached hydrogens (primary N) is 1. The number of anilines is 1. The molecule has 0 aliphatic carbocycles. The first kappa shape index (κ1) is 9.98. The van der Waals surface area contributed by atoms with E-state index in [1.807, 2.05) is 0 Å². The summed E-state index contributed by atoms with van der Waals surface area (Å²) in [6.45, 7) is 1.63. The molecule has 5 heteroatoms. The third-order valence-corrected chi connectivity index (χ3v) is 2.30. The lowest BCUT2D eigenvalue weighted by molar-refractivity contribution is 0.435. The third kappa shape index (κ3) is 1.80. The van der Waals surface area contributed by atoms with E-state index in [1.54, 1.807) is 19.1 Å². The Kier molecular flexibility index (Phi) is 2.36. The molecule has 3 nitrogen and oxygen atoms in total. The highest BCUT2D eigenvalue weighted by atomic mass is 35.5. The Morgan fingerprint density at radius 2 is 2.13 bits per heavy atom. The highest BCUT2D eigenvalue weighted by Gasteiger charge is 2.10. The summed E-state index contributed by atoms with van der Waals surface area (Å²) in [5, 5.41) is 3.60. The monoisotopic (exact) mass is 226 g/mol. The van der Waals surface area contributed by atoms with Gasteiger partial charge in [-0.25, -0.2) is 4.39 Å². The van der Waals surface area contributed by atoms with E-state index in [4.69, 9.17) is 21.9 Å². The number of halogens is 2. The van der Waals surface area contributed by atoms with Crippen LogP contribution in [-0.4, -0.2) is 5.16 Å². The number of hydrogen-bond acceptors (Lipinski definition) is 3. The highest BCUT2D eigenvalue weighted by molar-refractivity contribution is 6.31. The van der Waals surface area contributed by atoms with Gasteiger partial charge in [-0.1, -0.05) is 16.8 Å². The van der Waals surface area contributed by atoms with Crippen LogP contribution in [0.3, 0.4) is 0 Å². The fourth-order valence-corrected chi connectivity index (χ4v) is 1.56. The minimum Gasteiger partial charge on any atom is -0.381 e. The molecule has 0 spiro atoms. The molecule has 2 aromatic rings. The number of aromatic nitrogens is 1. The van der Waals surface area contributed by atoms with Crippen molar-refractivity contribution in [2.75, 3.05) is 5.73 Å². The van der Waals surface area contributed by atoms with Crippen LogP contribution in [-0.2, 0) is 0 Å². The molecule has 15 heavy (non-hydrogen) atoms. The molecule has 0 radical (unpaired) electrons. The van der Waals surface area contributed by atoms with E-state index in [0.29, 0.717) is 16.9 Å². The zero-order chi connectivity index (χ0) is 11.0. The van der Waals surface area contributed by atoms with Crippen LogP contribution in [0.15, 0.2) is 22.7 Å². The number of nitrogens with zero attached hydrogens (tertiary/aromatic N) is 1. The molecule has 2 N–H and O–H groups in total. The average Bonchev–Trinajstić information content (AvgIpc) is 2.60. The summed E-state index contributed by atoms with van der Waals surface area (Å²) in [6.07, 6.45) is 0. The minimum atomic E-state index is -0.423. The fraction of sp³-hybridized carbons (Fsp3) is 0.100. The standard InChI is InChI=1S/C10H8ClFN2O/c1-5-2-6(3-7(11)10(5)12)8-4-9(13)14-15-8/h2-4H,1H3,(H2,13,14). The summed E-state index contributed by atoms with van der Waals surface area (Å²) in [4.78, 5) is 0. The number of benzene rings is 1. The summed E-state index contributed by atoms with van der Waals surface area (Å²) < 4.78 is 18.2. The first-order chi connectivity index (χ1) is 7.08. The van der Waals surface area contributed by atoms with Crippen LogP contribution < -0.4 is 5.73 Å². The summed E-state index contributed by atoms with van der Waals surface area (Å²) in [6, 6.07) is 4.66. The van der Waals surface area contributed by atoms with Crippen molar-refractivity contribution in [3.05, 3.63) is 34.6 Å². The van der Waals surface area contributed by atoms with Gasteiger partial charge in [-0.05, 0) is 24.6 Å². The number of rotatable bonds is 1. The van der Waals surface area contributed by atoms with Gasteiger partial charge in [0, 0.05) is 11.6 Å². The lowest BCUT2D eigenvalue weighted by Crippen LogP contribution is -1.85. The van der Waals surface area contributed by atoms with Crippen molar-refractivity contribution in [2.24, 2.45) is 0 Å². The van der Waals surface area contributed by atoms with Gasteiger partial charge in [0.25, 0.3) is 0 Å². The molecule has 1 aromatic carbocycles. The van der Waals surface area contributed by atoms with Gasteiger partial charge in [0.05, 0.1) is 5.02 Å². The second kappa shape index (κ2) is 3.55. The van der Waals surface area contributed by atoms with Crippen molar-refractivity contribution in [3.63, 3.8) is 0 Å². The SMILES string of the molecule is Cc1cc(-c2cc(N)no2)cc(Cl)c1F. The molecule has 1 heterocycles. The van der Waals surface area contributed by atoms with Gasteiger partial charge in [0.2, 0.25) is 0 Å². The summed E-state index contributed by atoms with van der Waals surface area (Å²) in [7, 11) is 0. The quantitative estimate of drug-likeness (QED) is 0.813. The lowest BCUT2D eigenvalue weighted by atomic mass is 10.1. The zero-order valence-corrected chi connectivity index (χ0v) is 8.68. The Bertz CT molecular complexity index is 487. The van der Waals surface area contributed by atoms with E-state index in [-0.39, 0.29) is 10.8 Å². The predicted octanol–water partition coefficient (Wildman–Crippen LogP) is 3.02. The Labute approximate surface area is 90.6 Å². The molecule has 0 bridgehead atoms. The van der Waals surface area contributed by atoms with Crippen LogP contribution in [0.2, 0.25) is 5.02 Å². The second-order valence-corrected chi connectivity index (χ2v) is 3.61. The maximum Gasteiger partial charge on any atom is 0.169 e. The van der Waals surface area contributed by atoms with Crippen molar-refractivity contribution in [3.8, 4) is 11.3 Å². The normalized spacial score (nSPS) is 10.6. The van der Waals surface area contributed by atoms with Crippen LogP contribution in [0.25, 0.3) is 11.3 Å². The van der Waals surface area contributed by atoms with E-state index in [0.717, 1.165) is 0 Å². The largest absolute Gasteiger partial charge is 0.381 e. The van der Waals surface area contributed by atoms with Crippen molar-refractivity contribution >= 4 is 17.4 Å². The average molecular weight is 227 g/mol. The van der Waals surface area contributed by atoms with Crippen LogP contribution in [0.1, 0.15) is 5.56 Å². The number of hydrogen-bond donors (Lipinski definition) is 1. The van der Waals surface area contributed by atoms with E-state index < -0.39 is 5.82 Å². The summed E-state index contributed by atoms with van der Waals surface area (Å²) in [5.41, 5.74) is 6.52. The molecule has 0 aliphatic rings. The summed E-state index contributed by atoms with van der Waals surface area (Å²) in [5.74, 6) is 0.327. The summed E-state index contributed by atoms with van der Waals surface area (Å²) >= 11 is 5.71. The number of nitrogen functional groups attached to an aromatic ring is 1. The van der Waals surface area contributed by atoms with Crippen LogP contribution in [0, 0.1) is 12.7 Å². The van der Waals surface area contributed by atoms with Crippen LogP contribution in [0.4, 0.5) is 10.2 Å². The van der Waals surface area contributed by atoms with E-state index in [2.05, 4.69) is 5.16 Å². The van der Waals surface area contributed by atoms with E-state index in [1.165, 1.54) is 6.07 Å². The smallest absolute Gasteiger partial charge is 0.169 e. The minimum absolute atomic E-state index is 0.0555. The maximum absolute atomic E-state index is 13.2. The van der Waals surface area contributed by atoms with Gasteiger partial charge in [0.15, 0.2) is 11.6 Å². The van der Waals surface area contributed by atoms with E-state index >= 15 is 0 Å². The fourth-order valence-electron chi connectivity index (χ4n) is 1.29. The molecule has 0 atom stereocenters. The Hall–Kier alpha value is -1.55. The molecule has 0 amide bonds. The molecule has 0 saturated heterocycles. The Balaban J connectivity index is 2.55. The van der Waals surface area contributed by atoms with Crippen molar-refractivity contribution < 1.29 is 8.91 Å². The van der Waals surface area contributed by atoms with Gasteiger partial charge >= 0.3 is 0 Å². The predicted molar refractivity (Wildman–Crippen MR) is 56.1 cm³/mol. The van der Waals surface area contributed by atoms with Gasteiger partial charge in [-0.2, -0.15) is 0 Å². The number of aryl methyl sites for hydroxylation is 1. The molecular weight excluding hydrogens is 219 g/mol. The maximum atomic E-state index is 13.2.